The van der Waals surface area contributed by atoms with Crippen LogP contribution in [0, 0.1) is 5.92 Å². The third-order valence-electron chi connectivity index (χ3n) is 1.74. The summed E-state index contributed by atoms with van der Waals surface area (Å²) in [7, 11) is 3.23. The van der Waals surface area contributed by atoms with Gasteiger partial charge in [0.1, 0.15) is 0 Å². The Labute approximate surface area is 61.8 Å². The van der Waals surface area contributed by atoms with E-state index in [9.17, 15) is 4.79 Å². The van der Waals surface area contributed by atoms with Crippen molar-refractivity contribution in [1.29, 1.82) is 0 Å². The van der Waals surface area contributed by atoms with E-state index < -0.39 is 0 Å². The fraction of sp³-hybridized carbons (Fsp3) is 0.857. The summed E-state index contributed by atoms with van der Waals surface area (Å²) in [6.07, 6.45) is -0.0139. The van der Waals surface area contributed by atoms with Crippen LogP contribution in [0.2, 0.25) is 0 Å². The van der Waals surface area contributed by atoms with Crippen molar-refractivity contribution >= 4 is 5.91 Å². The molecule has 1 amide bonds. The van der Waals surface area contributed by atoms with Crippen molar-refractivity contribution in [3.63, 3.8) is 0 Å². The molecule has 0 aromatic carbocycles. The number of rotatable bonds is 3. The Hall–Kier alpha value is -0.570. The first-order valence-corrected chi connectivity index (χ1v) is 3.37. The largest absolute Gasteiger partial charge is 0.381 e. The van der Waals surface area contributed by atoms with Crippen LogP contribution in [0.15, 0.2) is 0 Å². The Kier molecular flexibility index (Phi) is 4.03. The highest BCUT2D eigenvalue weighted by atomic mass is 16.5. The highest BCUT2D eigenvalue weighted by molar-refractivity contribution is 5.78. The van der Waals surface area contributed by atoms with Gasteiger partial charge in [-0.05, 0) is 6.92 Å². The molecule has 0 aliphatic carbocycles. The molecule has 0 aromatic heterocycles. The molecule has 3 nitrogen and oxygen atoms in total. The predicted molar refractivity (Wildman–Crippen MR) is 39.7 cm³/mol. The van der Waals surface area contributed by atoms with Gasteiger partial charge >= 0.3 is 0 Å². The van der Waals surface area contributed by atoms with Crippen molar-refractivity contribution in [2.24, 2.45) is 5.92 Å². The van der Waals surface area contributed by atoms with E-state index >= 15 is 0 Å². The maximum atomic E-state index is 10.9. The normalized spacial score (nSPS) is 16.0. The van der Waals surface area contributed by atoms with Crippen molar-refractivity contribution in [3.05, 3.63) is 0 Å². The van der Waals surface area contributed by atoms with Gasteiger partial charge in [0.2, 0.25) is 5.91 Å². The molecular weight excluding hydrogens is 130 g/mol. The second kappa shape index (κ2) is 4.28. The lowest BCUT2D eigenvalue weighted by molar-refractivity contribution is -0.127. The fourth-order valence-electron chi connectivity index (χ4n) is 0.645. The van der Waals surface area contributed by atoms with Crippen molar-refractivity contribution in [2.75, 3.05) is 14.2 Å². The van der Waals surface area contributed by atoms with Crippen LogP contribution >= 0.6 is 0 Å². The zero-order chi connectivity index (χ0) is 8.15. The molecule has 10 heavy (non-hydrogen) atoms. The molecule has 0 aliphatic heterocycles. The molecule has 2 atom stereocenters. The maximum Gasteiger partial charge on any atom is 0.225 e. The molecule has 0 aliphatic rings. The average molecular weight is 145 g/mol. The summed E-state index contributed by atoms with van der Waals surface area (Å²) in [5.74, 6) is -0.0515. The highest BCUT2D eigenvalue weighted by Crippen LogP contribution is 2.04. The standard InChI is InChI=1S/C7H15NO2/c1-5(6(2)10-4)7(9)8-3/h5-6H,1-4H3,(H,8,9). The zero-order valence-corrected chi connectivity index (χ0v) is 6.97. The first kappa shape index (κ1) is 9.43. The molecule has 0 heterocycles. The van der Waals surface area contributed by atoms with Gasteiger partial charge in [-0.2, -0.15) is 0 Å². The topological polar surface area (TPSA) is 38.3 Å². The first-order valence-electron chi connectivity index (χ1n) is 3.37. The van der Waals surface area contributed by atoms with Crippen LogP contribution in [0.3, 0.4) is 0 Å². The lowest BCUT2D eigenvalue weighted by Crippen LogP contribution is -2.33. The quantitative estimate of drug-likeness (QED) is 0.624. The molecule has 0 radical (unpaired) electrons. The summed E-state index contributed by atoms with van der Waals surface area (Å²) in [5, 5.41) is 2.56. The van der Waals surface area contributed by atoms with Crippen LogP contribution in [0.25, 0.3) is 0 Å². The van der Waals surface area contributed by atoms with E-state index in [1.807, 2.05) is 13.8 Å². The molecule has 0 rings (SSSR count). The Morgan fingerprint density at radius 3 is 2.30 bits per heavy atom. The minimum absolute atomic E-state index is 0.0139. The summed E-state index contributed by atoms with van der Waals surface area (Å²) >= 11 is 0. The Morgan fingerprint density at radius 2 is 2.00 bits per heavy atom. The Bertz CT molecular complexity index is 114. The lowest BCUT2D eigenvalue weighted by atomic mass is 10.1. The first-order chi connectivity index (χ1) is 4.63. The maximum absolute atomic E-state index is 10.9. The van der Waals surface area contributed by atoms with Gasteiger partial charge in [0, 0.05) is 14.2 Å². The number of hydrogen-bond acceptors (Lipinski definition) is 2. The van der Waals surface area contributed by atoms with Gasteiger partial charge in [0.15, 0.2) is 0 Å². The minimum atomic E-state index is -0.0741. The van der Waals surface area contributed by atoms with Crippen LogP contribution in [0.4, 0.5) is 0 Å². The van der Waals surface area contributed by atoms with Crippen LogP contribution in [-0.2, 0) is 9.53 Å². The van der Waals surface area contributed by atoms with Crippen LogP contribution < -0.4 is 5.32 Å². The third-order valence-corrected chi connectivity index (χ3v) is 1.74. The molecule has 0 aromatic rings. The molecular formula is C7H15NO2. The molecule has 0 saturated carbocycles. The van der Waals surface area contributed by atoms with Gasteiger partial charge in [0.05, 0.1) is 12.0 Å². The summed E-state index contributed by atoms with van der Waals surface area (Å²) in [6, 6.07) is 0. The van der Waals surface area contributed by atoms with E-state index in [4.69, 9.17) is 4.74 Å². The van der Waals surface area contributed by atoms with Gasteiger partial charge in [-0.25, -0.2) is 0 Å². The van der Waals surface area contributed by atoms with Crippen LogP contribution in [-0.4, -0.2) is 26.2 Å². The van der Waals surface area contributed by atoms with Crippen molar-refractivity contribution in [1.82, 2.24) is 5.32 Å². The third kappa shape index (κ3) is 2.35. The zero-order valence-electron chi connectivity index (χ0n) is 6.97. The number of carbonyl (C=O) groups excluding carboxylic acids is 1. The Morgan fingerprint density at radius 1 is 1.50 bits per heavy atom. The van der Waals surface area contributed by atoms with Crippen molar-refractivity contribution in [2.45, 2.75) is 20.0 Å². The van der Waals surface area contributed by atoms with E-state index in [2.05, 4.69) is 5.32 Å². The number of hydrogen-bond donors (Lipinski definition) is 1. The molecule has 1 N–H and O–H groups in total. The second-order valence-corrected chi connectivity index (χ2v) is 2.34. The summed E-state index contributed by atoms with van der Waals surface area (Å²) < 4.78 is 4.97. The van der Waals surface area contributed by atoms with Crippen molar-refractivity contribution in [3.8, 4) is 0 Å². The number of amides is 1. The van der Waals surface area contributed by atoms with Gasteiger partial charge < -0.3 is 10.1 Å². The highest BCUT2D eigenvalue weighted by Gasteiger charge is 2.17. The summed E-state index contributed by atoms with van der Waals surface area (Å²) in [4.78, 5) is 10.9. The Balaban J connectivity index is 3.81. The van der Waals surface area contributed by atoms with Gasteiger partial charge in [-0.15, -0.1) is 0 Å². The van der Waals surface area contributed by atoms with Gasteiger partial charge in [0.25, 0.3) is 0 Å². The van der Waals surface area contributed by atoms with E-state index in [1.165, 1.54) is 0 Å². The molecule has 0 spiro atoms. The van der Waals surface area contributed by atoms with E-state index in [1.54, 1.807) is 14.2 Å². The molecule has 0 saturated heterocycles. The second-order valence-electron chi connectivity index (χ2n) is 2.34. The minimum Gasteiger partial charge on any atom is -0.381 e. The summed E-state index contributed by atoms with van der Waals surface area (Å²) in [5.41, 5.74) is 0. The number of methoxy groups -OCH3 is 1. The van der Waals surface area contributed by atoms with Crippen LogP contribution in [0.5, 0.6) is 0 Å². The van der Waals surface area contributed by atoms with E-state index in [-0.39, 0.29) is 17.9 Å². The van der Waals surface area contributed by atoms with Gasteiger partial charge in [-0.3, -0.25) is 4.79 Å². The number of ether oxygens (including phenoxy) is 1. The smallest absolute Gasteiger partial charge is 0.225 e. The molecule has 2 unspecified atom stereocenters. The molecule has 0 bridgehead atoms. The average Bonchev–Trinajstić information content (AvgIpc) is 2.00. The summed E-state index contributed by atoms with van der Waals surface area (Å²) in [6.45, 7) is 3.72. The predicted octanol–water partition coefficient (Wildman–Crippen LogP) is 0.403. The molecule has 0 fully saturated rings. The number of carbonyl (C=O) groups is 1. The van der Waals surface area contributed by atoms with Crippen LogP contribution in [0.1, 0.15) is 13.8 Å². The van der Waals surface area contributed by atoms with E-state index in [0.29, 0.717) is 0 Å². The fourth-order valence-corrected chi connectivity index (χ4v) is 0.645. The molecule has 60 valence electrons. The van der Waals surface area contributed by atoms with Gasteiger partial charge in [-0.1, -0.05) is 6.92 Å². The number of nitrogens with one attached hydrogen (secondary N) is 1. The monoisotopic (exact) mass is 145 g/mol. The van der Waals surface area contributed by atoms with Crippen molar-refractivity contribution < 1.29 is 9.53 Å². The SMILES string of the molecule is CNC(=O)C(C)C(C)OC. The molecule has 3 heteroatoms. The lowest BCUT2D eigenvalue weighted by Gasteiger charge is -2.15. The van der Waals surface area contributed by atoms with E-state index in [0.717, 1.165) is 0 Å².